The Hall–Kier alpha value is -0.0900. The van der Waals surface area contributed by atoms with Crippen molar-refractivity contribution in [3.05, 3.63) is 0 Å². The van der Waals surface area contributed by atoms with E-state index < -0.39 is 5.97 Å². The van der Waals surface area contributed by atoms with Gasteiger partial charge in [0.25, 0.3) is 0 Å². The van der Waals surface area contributed by atoms with E-state index in [1.165, 1.54) is 0 Å². The summed E-state index contributed by atoms with van der Waals surface area (Å²) in [4.78, 5) is 12.6. The number of carbonyl (C=O) groups is 1. The highest BCUT2D eigenvalue weighted by Gasteiger charge is 2.05. The Morgan fingerprint density at radius 1 is 1.38 bits per heavy atom. The molecule has 0 aromatic rings. The van der Waals surface area contributed by atoms with Crippen molar-refractivity contribution >= 4 is 23.0 Å². The summed E-state index contributed by atoms with van der Waals surface area (Å²) in [6, 6.07) is 0. The van der Waals surface area contributed by atoms with Crippen LogP contribution in [0.2, 0.25) is 0 Å². The summed E-state index contributed by atoms with van der Waals surface area (Å²) in [5, 5.41) is 10.4. The number of carbonyl (C=O) groups excluding carboxylic acids is 1. The molecule has 0 aromatic heterocycles. The molecule has 0 bridgehead atoms. The summed E-state index contributed by atoms with van der Waals surface area (Å²) in [5.41, 5.74) is 0. The lowest BCUT2D eigenvalue weighted by Crippen LogP contribution is -2.33. The lowest BCUT2D eigenvalue weighted by atomic mass is 10.1. The van der Waals surface area contributed by atoms with Gasteiger partial charge in [-0.2, -0.15) is 0 Å². The van der Waals surface area contributed by atoms with E-state index in [9.17, 15) is 9.90 Å². The van der Waals surface area contributed by atoms with Gasteiger partial charge in [0.05, 0.1) is 0 Å². The average Bonchev–Trinajstić information content (AvgIpc) is 2.05. The first kappa shape index (κ1) is 15.4. The van der Waals surface area contributed by atoms with Crippen LogP contribution in [0.3, 0.4) is 0 Å². The van der Waals surface area contributed by atoms with Gasteiger partial charge < -0.3 is 14.8 Å². The molecule has 4 heteroatoms. The highest BCUT2D eigenvalue weighted by molar-refractivity contribution is 8.93. The molecule has 0 aromatic carbocycles. The van der Waals surface area contributed by atoms with Crippen LogP contribution in [-0.2, 0) is 4.79 Å². The van der Waals surface area contributed by atoms with Crippen molar-refractivity contribution in [3.8, 4) is 0 Å². The Kier molecular flexibility index (Phi) is 10.1. The SMILES string of the molecule is Br.CCN(CC)CCC(C)C(=O)[O-]. The normalized spacial score (nSPS) is 12.3. The highest BCUT2D eigenvalue weighted by Crippen LogP contribution is 2.01. The zero-order valence-corrected chi connectivity index (χ0v) is 10.3. The van der Waals surface area contributed by atoms with Gasteiger partial charge in [0.15, 0.2) is 0 Å². The van der Waals surface area contributed by atoms with Crippen LogP contribution in [0.25, 0.3) is 0 Å². The van der Waals surface area contributed by atoms with Crippen LogP contribution in [0, 0.1) is 5.92 Å². The molecular weight excluding hydrogens is 234 g/mol. The summed E-state index contributed by atoms with van der Waals surface area (Å²) in [6.07, 6.45) is 0.685. The smallest absolute Gasteiger partial charge is 0.0443 e. The highest BCUT2D eigenvalue weighted by atomic mass is 79.9. The van der Waals surface area contributed by atoms with E-state index in [1.807, 2.05) is 0 Å². The third-order valence-electron chi connectivity index (χ3n) is 2.18. The average molecular weight is 253 g/mol. The summed E-state index contributed by atoms with van der Waals surface area (Å²) >= 11 is 0. The van der Waals surface area contributed by atoms with E-state index in [-0.39, 0.29) is 22.9 Å². The standard InChI is InChI=1S/C9H19NO2.BrH/c1-4-10(5-2)7-6-8(3)9(11)12;/h8H,4-7H2,1-3H3,(H,11,12);1H/p-1. The number of hydrogen-bond donors (Lipinski definition) is 0. The van der Waals surface area contributed by atoms with E-state index in [4.69, 9.17) is 0 Å². The summed E-state index contributed by atoms with van der Waals surface area (Å²) < 4.78 is 0. The fraction of sp³-hybridized carbons (Fsp3) is 0.889. The second kappa shape index (κ2) is 8.51. The number of aliphatic carboxylic acids is 1. The monoisotopic (exact) mass is 252 g/mol. The molecule has 0 radical (unpaired) electrons. The van der Waals surface area contributed by atoms with Crippen molar-refractivity contribution in [1.82, 2.24) is 4.90 Å². The predicted octanol–water partition coefficient (Wildman–Crippen LogP) is 0.682. The Morgan fingerprint density at radius 3 is 2.15 bits per heavy atom. The molecule has 0 spiro atoms. The van der Waals surface area contributed by atoms with E-state index in [0.29, 0.717) is 6.42 Å². The van der Waals surface area contributed by atoms with Gasteiger partial charge in [-0.25, -0.2) is 0 Å². The largest absolute Gasteiger partial charge is 0.550 e. The third-order valence-corrected chi connectivity index (χ3v) is 2.18. The summed E-state index contributed by atoms with van der Waals surface area (Å²) in [7, 11) is 0. The molecule has 13 heavy (non-hydrogen) atoms. The summed E-state index contributed by atoms with van der Waals surface area (Å²) in [6.45, 7) is 8.66. The lowest BCUT2D eigenvalue weighted by molar-refractivity contribution is -0.311. The zero-order chi connectivity index (χ0) is 9.56. The minimum atomic E-state index is -0.942. The second-order valence-electron chi connectivity index (χ2n) is 3.04. The van der Waals surface area contributed by atoms with Crippen LogP contribution in [0.4, 0.5) is 0 Å². The number of hydrogen-bond acceptors (Lipinski definition) is 3. The van der Waals surface area contributed by atoms with Crippen LogP contribution < -0.4 is 5.11 Å². The molecule has 0 heterocycles. The molecule has 0 aliphatic rings. The minimum Gasteiger partial charge on any atom is -0.550 e. The minimum absolute atomic E-state index is 0. The Bertz CT molecular complexity index is 138. The van der Waals surface area contributed by atoms with Gasteiger partial charge in [-0.1, -0.05) is 20.8 Å². The van der Waals surface area contributed by atoms with E-state index in [0.717, 1.165) is 19.6 Å². The first-order valence-electron chi connectivity index (χ1n) is 4.55. The number of nitrogens with zero attached hydrogens (tertiary/aromatic N) is 1. The molecule has 1 unspecified atom stereocenters. The molecule has 0 aliphatic carbocycles. The summed E-state index contributed by atoms with van der Waals surface area (Å²) in [5.74, 6) is -1.27. The lowest BCUT2D eigenvalue weighted by Gasteiger charge is -2.20. The molecule has 0 amide bonds. The van der Waals surface area contributed by atoms with E-state index in [1.54, 1.807) is 6.92 Å². The first-order valence-corrected chi connectivity index (χ1v) is 4.55. The topological polar surface area (TPSA) is 43.4 Å². The molecule has 80 valence electrons. The fourth-order valence-corrected chi connectivity index (χ4v) is 1.03. The van der Waals surface area contributed by atoms with E-state index in [2.05, 4.69) is 18.7 Å². The number of rotatable bonds is 6. The molecule has 0 rings (SSSR count). The zero-order valence-electron chi connectivity index (χ0n) is 8.58. The van der Waals surface area contributed by atoms with Crippen LogP contribution in [0.5, 0.6) is 0 Å². The Labute approximate surface area is 90.9 Å². The van der Waals surface area contributed by atoms with Crippen LogP contribution >= 0.6 is 17.0 Å². The van der Waals surface area contributed by atoms with Gasteiger partial charge >= 0.3 is 0 Å². The molecule has 0 saturated carbocycles. The molecule has 3 nitrogen and oxygen atoms in total. The Morgan fingerprint density at radius 2 is 1.85 bits per heavy atom. The molecule has 0 N–H and O–H groups in total. The number of carboxylic acid groups (broad SMARTS) is 1. The van der Waals surface area contributed by atoms with Crippen molar-refractivity contribution < 1.29 is 9.90 Å². The predicted molar refractivity (Wildman–Crippen MR) is 56.9 cm³/mol. The maximum Gasteiger partial charge on any atom is 0.0443 e. The second-order valence-corrected chi connectivity index (χ2v) is 3.04. The molecule has 0 fully saturated rings. The third kappa shape index (κ3) is 7.02. The maximum absolute atomic E-state index is 10.4. The number of carboxylic acids is 1. The maximum atomic E-state index is 10.4. The van der Waals surface area contributed by atoms with Crippen LogP contribution in [-0.4, -0.2) is 30.5 Å². The van der Waals surface area contributed by atoms with Gasteiger partial charge in [-0.3, -0.25) is 0 Å². The Balaban J connectivity index is 0. The van der Waals surface area contributed by atoms with Crippen molar-refractivity contribution in [2.45, 2.75) is 27.2 Å². The van der Waals surface area contributed by atoms with Crippen molar-refractivity contribution in [1.29, 1.82) is 0 Å². The first-order chi connectivity index (χ1) is 5.61. The van der Waals surface area contributed by atoms with Gasteiger partial charge in [-0.15, -0.1) is 17.0 Å². The van der Waals surface area contributed by atoms with Crippen molar-refractivity contribution in [2.75, 3.05) is 19.6 Å². The van der Waals surface area contributed by atoms with Crippen LogP contribution in [0.15, 0.2) is 0 Å². The van der Waals surface area contributed by atoms with E-state index >= 15 is 0 Å². The van der Waals surface area contributed by atoms with Crippen molar-refractivity contribution in [2.24, 2.45) is 5.92 Å². The van der Waals surface area contributed by atoms with Gasteiger partial charge in [0.2, 0.25) is 0 Å². The van der Waals surface area contributed by atoms with Gasteiger partial charge in [0, 0.05) is 5.97 Å². The van der Waals surface area contributed by atoms with Gasteiger partial charge in [0.1, 0.15) is 0 Å². The fourth-order valence-electron chi connectivity index (χ4n) is 1.03. The van der Waals surface area contributed by atoms with Gasteiger partial charge in [-0.05, 0) is 32.0 Å². The molecule has 0 saturated heterocycles. The molecular formula is C9H19BrNO2-. The number of halogens is 1. The van der Waals surface area contributed by atoms with Crippen molar-refractivity contribution in [3.63, 3.8) is 0 Å². The molecule has 1 atom stereocenters. The quantitative estimate of drug-likeness (QED) is 0.699. The van der Waals surface area contributed by atoms with Crippen LogP contribution in [0.1, 0.15) is 27.2 Å². The molecule has 0 aliphatic heterocycles.